The molecular formula is C10H21NO2. The number of hydrogen-bond acceptors (Lipinski definition) is 3. The smallest absolute Gasteiger partial charge is 0.231 e. The van der Waals surface area contributed by atoms with Gasteiger partial charge in [-0.2, -0.15) is 0 Å². The first-order valence-electron chi connectivity index (χ1n) is 4.62. The summed E-state index contributed by atoms with van der Waals surface area (Å²) in [5.74, 6) is 0. The van der Waals surface area contributed by atoms with E-state index in [9.17, 15) is 0 Å². The van der Waals surface area contributed by atoms with Crippen molar-refractivity contribution in [3.8, 4) is 0 Å². The Bertz CT molecular complexity index is 132. The number of rotatable bonds is 4. The standard InChI is InChI=1S/C9H20O.CHNO/c1-9(2,3)7-5-4-6-8-10;2-1-3/h10H,4-8H2,1-3H3;2H. The Kier molecular flexibility index (Phi) is 10.8. The van der Waals surface area contributed by atoms with E-state index < -0.39 is 0 Å². The SMILES string of the molecule is CC(C)(C)CCCCCO.N=C=O. The predicted octanol–water partition coefficient (Wildman–Crippen LogP) is 2.49. The lowest BCUT2D eigenvalue weighted by atomic mass is 9.89. The molecule has 0 atom stereocenters. The average molecular weight is 187 g/mol. The van der Waals surface area contributed by atoms with Gasteiger partial charge in [0.15, 0.2) is 0 Å². The van der Waals surface area contributed by atoms with Crippen LogP contribution in [0.4, 0.5) is 0 Å². The fourth-order valence-electron chi connectivity index (χ4n) is 0.944. The summed E-state index contributed by atoms with van der Waals surface area (Å²) >= 11 is 0. The molecular weight excluding hydrogens is 166 g/mol. The van der Waals surface area contributed by atoms with E-state index in [2.05, 4.69) is 20.8 Å². The van der Waals surface area contributed by atoms with Crippen LogP contribution in [-0.2, 0) is 4.79 Å². The molecule has 13 heavy (non-hydrogen) atoms. The zero-order valence-electron chi connectivity index (χ0n) is 8.89. The van der Waals surface area contributed by atoms with Gasteiger partial charge in [0.2, 0.25) is 6.08 Å². The Hall–Kier alpha value is -0.660. The van der Waals surface area contributed by atoms with Gasteiger partial charge < -0.3 is 5.11 Å². The molecule has 0 saturated carbocycles. The van der Waals surface area contributed by atoms with E-state index in [0.29, 0.717) is 12.0 Å². The van der Waals surface area contributed by atoms with E-state index in [-0.39, 0.29) is 0 Å². The summed E-state index contributed by atoms with van der Waals surface area (Å²) in [4.78, 5) is 8.35. The van der Waals surface area contributed by atoms with Crippen molar-refractivity contribution in [1.82, 2.24) is 0 Å². The van der Waals surface area contributed by atoms with Crippen molar-refractivity contribution in [2.24, 2.45) is 5.41 Å². The van der Waals surface area contributed by atoms with Crippen molar-refractivity contribution in [1.29, 1.82) is 5.41 Å². The summed E-state index contributed by atoms with van der Waals surface area (Å²) in [6.45, 7) is 7.12. The Morgan fingerprint density at radius 1 is 1.23 bits per heavy atom. The van der Waals surface area contributed by atoms with Crippen LogP contribution in [0.15, 0.2) is 0 Å². The quantitative estimate of drug-likeness (QED) is 0.403. The summed E-state index contributed by atoms with van der Waals surface area (Å²) in [6, 6.07) is 0. The molecule has 0 fully saturated rings. The van der Waals surface area contributed by atoms with Crippen molar-refractivity contribution >= 4 is 6.08 Å². The number of carbonyl (C=O) groups excluding carboxylic acids is 1. The molecule has 0 aromatic rings. The first-order chi connectivity index (χ1) is 5.97. The molecule has 0 aromatic heterocycles. The van der Waals surface area contributed by atoms with Gasteiger partial charge in [-0.15, -0.1) is 0 Å². The maximum absolute atomic E-state index is 8.50. The number of aliphatic hydroxyl groups is 1. The lowest BCUT2D eigenvalue weighted by Gasteiger charge is -2.17. The molecule has 2 N–H and O–H groups in total. The Labute approximate surface area is 80.7 Å². The van der Waals surface area contributed by atoms with Crippen molar-refractivity contribution in [2.45, 2.75) is 46.5 Å². The summed E-state index contributed by atoms with van der Waals surface area (Å²) in [5.41, 5.74) is 0.468. The molecule has 3 nitrogen and oxygen atoms in total. The number of isocyanates is 1. The maximum Gasteiger partial charge on any atom is 0.231 e. The van der Waals surface area contributed by atoms with Gasteiger partial charge in [-0.1, -0.05) is 33.6 Å². The number of hydrogen-bond donors (Lipinski definition) is 2. The second-order valence-corrected chi connectivity index (χ2v) is 4.20. The lowest BCUT2D eigenvalue weighted by Crippen LogP contribution is -2.04. The second-order valence-electron chi connectivity index (χ2n) is 4.20. The Morgan fingerprint density at radius 3 is 2.00 bits per heavy atom. The summed E-state index contributed by atoms with van der Waals surface area (Å²) in [5, 5.41) is 13.9. The van der Waals surface area contributed by atoms with Crippen molar-refractivity contribution < 1.29 is 9.90 Å². The van der Waals surface area contributed by atoms with Gasteiger partial charge in [0.1, 0.15) is 0 Å². The molecule has 0 heterocycles. The monoisotopic (exact) mass is 187 g/mol. The predicted molar refractivity (Wildman–Crippen MR) is 53.4 cm³/mol. The van der Waals surface area contributed by atoms with Crippen LogP contribution in [0.3, 0.4) is 0 Å². The van der Waals surface area contributed by atoms with Crippen molar-refractivity contribution in [3.05, 3.63) is 0 Å². The van der Waals surface area contributed by atoms with Crippen LogP contribution in [0.5, 0.6) is 0 Å². The molecule has 0 radical (unpaired) electrons. The molecule has 0 aliphatic heterocycles. The minimum atomic E-state index is 0.351. The first-order valence-corrected chi connectivity index (χ1v) is 4.62. The van der Waals surface area contributed by atoms with Gasteiger partial charge in [-0.3, -0.25) is 0 Å². The third kappa shape index (κ3) is 24.6. The molecule has 0 unspecified atom stereocenters. The minimum Gasteiger partial charge on any atom is -0.396 e. The van der Waals surface area contributed by atoms with Gasteiger partial charge in [-0.05, 0) is 18.3 Å². The second kappa shape index (κ2) is 9.43. The summed E-state index contributed by atoms with van der Waals surface area (Å²) in [6.07, 6.45) is 5.42. The molecule has 0 bridgehead atoms. The van der Waals surface area contributed by atoms with Crippen LogP contribution in [0, 0.1) is 10.8 Å². The van der Waals surface area contributed by atoms with Crippen LogP contribution in [0.1, 0.15) is 46.5 Å². The highest BCUT2D eigenvalue weighted by molar-refractivity contribution is 5.26. The molecule has 0 rings (SSSR count). The molecule has 78 valence electrons. The van der Waals surface area contributed by atoms with Crippen LogP contribution < -0.4 is 0 Å². The largest absolute Gasteiger partial charge is 0.396 e. The highest BCUT2D eigenvalue weighted by Crippen LogP contribution is 2.21. The topological polar surface area (TPSA) is 61.1 Å². The Morgan fingerprint density at radius 2 is 1.69 bits per heavy atom. The van der Waals surface area contributed by atoms with Crippen LogP contribution in [0.25, 0.3) is 0 Å². The van der Waals surface area contributed by atoms with E-state index in [4.69, 9.17) is 15.3 Å². The van der Waals surface area contributed by atoms with Gasteiger partial charge in [0.05, 0.1) is 0 Å². The van der Waals surface area contributed by atoms with Gasteiger partial charge in [0.25, 0.3) is 0 Å². The molecule has 0 aliphatic rings. The molecule has 0 amide bonds. The van der Waals surface area contributed by atoms with E-state index in [1.807, 2.05) is 0 Å². The number of aliphatic hydroxyl groups excluding tert-OH is 1. The lowest BCUT2D eigenvalue weighted by molar-refractivity contribution is 0.275. The van der Waals surface area contributed by atoms with E-state index in [1.54, 1.807) is 0 Å². The first kappa shape index (κ1) is 14.8. The fraction of sp³-hybridized carbons (Fsp3) is 0.900. The number of unbranched alkanes of at least 4 members (excludes halogenated alkanes) is 2. The molecule has 3 heteroatoms. The maximum atomic E-state index is 8.50. The van der Waals surface area contributed by atoms with Gasteiger partial charge >= 0.3 is 0 Å². The minimum absolute atomic E-state index is 0.351. The highest BCUT2D eigenvalue weighted by Gasteiger charge is 2.08. The highest BCUT2D eigenvalue weighted by atomic mass is 16.2. The van der Waals surface area contributed by atoms with Crippen molar-refractivity contribution in [2.75, 3.05) is 6.61 Å². The number of nitrogens with one attached hydrogen (secondary N) is 1. The summed E-state index contributed by atoms with van der Waals surface area (Å²) < 4.78 is 0. The van der Waals surface area contributed by atoms with E-state index in [1.165, 1.54) is 19.3 Å². The summed E-state index contributed by atoms with van der Waals surface area (Å²) in [7, 11) is 0. The van der Waals surface area contributed by atoms with Crippen LogP contribution >= 0.6 is 0 Å². The van der Waals surface area contributed by atoms with Gasteiger partial charge in [0, 0.05) is 6.61 Å². The molecule has 0 spiro atoms. The normalized spacial score (nSPS) is 9.85. The van der Waals surface area contributed by atoms with E-state index >= 15 is 0 Å². The third-order valence-electron chi connectivity index (χ3n) is 1.58. The van der Waals surface area contributed by atoms with Crippen molar-refractivity contribution in [3.63, 3.8) is 0 Å². The zero-order chi connectivity index (χ0) is 10.7. The van der Waals surface area contributed by atoms with Crippen LogP contribution in [0.2, 0.25) is 0 Å². The molecule has 0 aromatic carbocycles. The zero-order valence-corrected chi connectivity index (χ0v) is 8.89. The van der Waals surface area contributed by atoms with Crippen LogP contribution in [-0.4, -0.2) is 17.8 Å². The van der Waals surface area contributed by atoms with Gasteiger partial charge in [-0.25, -0.2) is 10.2 Å². The fourth-order valence-corrected chi connectivity index (χ4v) is 0.944. The van der Waals surface area contributed by atoms with E-state index in [0.717, 1.165) is 12.5 Å². The third-order valence-corrected chi connectivity index (χ3v) is 1.58. The average Bonchev–Trinajstić information content (AvgIpc) is 1.98. The Balaban J connectivity index is 0. The molecule has 0 saturated heterocycles. The molecule has 0 aliphatic carbocycles.